The molecule has 27 heavy (non-hydrogen) atoms. The van der Waals surface area contributed by atoms with Crippen molar-refractivity contribution < 1.29 is 19.7 Å². The number of nitrogens with zero attached hydrogens (tertiary/aromatic N) is 2. The number of rotatable bonds is 10. The number of para-hydroxylation sites is 2. The smallest absolute Gasteiger partial charge is 0.204 e. The van der Waals surface area contributed by atoms with Gasteiger partial charge in [-0.1, -0.05) is 24.3 Å². The minimum Gasteiger partial charge on any atom is -0.497 e. The lowest BCUT2D eigenvalue weighted by Crippen LogP contribution is -2.23. The molecule has 3 N–H and O–H groups in total. The van der Waals surface area contributed by atoms with Crippen molar-refractivity contribution in [2.24, 2.45) is 0 Å². The number of hydrogen-bond acceptors (Lipinski definition) is 6. The van der Waals surface area contributed by atoms with E-state index in [2.05, 4.69) is 10.3 Å². The van der Waals surface area contributed by atoms with Gasteiger partial charge in [0.1, 0.15) is 5.75 Å². The standard InChI is InChI=1S/C20H25N3O4/c1-26-17-8-6-15(7-9-17)13-27-14-16(25)12-23-19-5-3-2-4-18(19)22-20(23)21-10-11-24/h2-9,16,24-25H,10-14H2,1H3,(H,21,22)/t16-/m1/s1. The number of imidazole rings is 1. The number of nitrogens with one attached hydrogen (secondary N) is 1. The predicted octanol–water partition coefficient (Wildman–Crippen LogP) is 2.03. The predicted molar refractivity (Wildman–Crippen MR) is 104 cm³/mol. The quantitative estimate of drug-likeness (QED) is 0.505. The molecule has 1 aromatic heterocycles. The van der Waals surface area contributed by atoms with E-state index in [4.69, 9.17) is 14.6 Å². The molecule has 0 radical (unpaired) electrons. The van der Waals surface area contributed by atoms with Crippen molar-refractivity contribution in [3.8, 4) is 5.75 Å². The van der Waals surface area contributed by atoms with Crippen LogP contribution < -0.4 is 10.1 Å². The number of aliphatic hydroxyl groups excluding tert-OH is 2. The molecule has 0 saturated carbocycles. The number of hydrogen-bond donors (Lipinski definition) is 3. The first-order valence-electron chi connectivity index (χ1n) is 8.90. The van der Waals surface area contributed by atoms with Crippen LogP contribution in [0.2, 0.25) is 0 Å². The Morgan fingerprint density at radius 1 is 1.15 bits per heavy atom. The van der Waals surface area contributed by atoms with Crippen LogP contribution in [-0.2, 0) is 17.9 Å². The molecule has 1 atom stereocenters. The number of aliphatic hydroxyl groups is 2. The van der Waals surface area contributed by atoms with Crippen molar-refractivity contribution in [2.75, 3.05) is 32.2 Å². The summed E-state index contributed by atoms with van der Waals surface area (Å²) in [5.41, 5.74) is 2.78. The van der Waals surface area contributed by atoms with Gasteiger partial charge in [0, 0.05) is 6.54 Å². The molecule has 0 fully saturated rings. The van der Waals surface area contributed by atoms with Crippen LogP contribution in [0.5, 0.6) is 5.75 Å². The molecule has 1 heterocycles. The van der Waals surface area contributed by atoms with E-state index in [1.807, 2.05) is 53.1 Å². The van der Waals surface area contributed by atoms with Gasteiger partial charge >= 0.3 is 0 Å². The average molecular weight is 371 g/mol. The summed E-state index contributed by atoms with van der Waals surface area (Å²) in [6.07, 6.45) is -0.685. The summed E-state index contributed by atoms with van der Waals surface area (Å²) in [6.45, 7) is 1.38. The molecular weight excluding hydrogens is 346 g/mol. The maximum Gasteiger partial charge on any atom is 0.204 e. The highest BCUT2D eigenvalue weighted by Crippen LogP contribution is 2.20. The van der Waals surface area contributed by atoms with Gasteiger partial charge in [0.15, 0.2) is 0 Å². The molecule has 0 aliphatic carbocycles. The highest BCUT2D eigenvalue weighted by Gasteiger charge is 2.14. The third-order valence-corrected chi connectivity index (χ3v) is 4.18. The summed E-state index contributed by atoms with van der Waals surface area (Å²) in [5, 5.41) is 22.6. The van der Waals surface area contributed by atoms with Gasteiger partial charge in [-0.25, -0.2) is 4.98 Å². The molecule has 3 rings (SSSR count). The largest absolute Gasteiger partial charge is 0.497 e. The van der Waals surface area contributed by atoms with Gasteiger partial charge in [-0.2, -0.15) is 0 Å². The fraction of sp³-hybridized carbons (Fsp3) is 0.350. The van der Waals surface area contributed by atoms with Gasteiger partial charge in [-0.3, -0.25) is 0 Å². The number of fused-ring (bicyclic) bond motifs is 1. The van der Waals surface area contributed by atoms with Crippen molar-refractivity contribution in [1.29, 1.82) is 0 Å². The second-order valence-corrected chi connectivity index (χ2v) is 6.20. The monoisotopic (exact) mass is 371 g/mol. The van der Waals surface area contributed by atoms with Gasteiger partial charge in [0.2, 0.25) is 5.95 Å². The van der Waals surface area contributed by atoms with E-state index in [0.717, 1.165) is 22.3 Å². The third-order valence-electron chi connectivity index (χ3n) is 4.18. The van der Waals surface area contributed by atoms with Crippen molar-refractivity contribution in [3.05, 3.63) is 54.1 Å². The van der Waals surface area contributed by atoms with Gasteiger partial charge in [0.25, 0.3) is 0 Å². The molecule has 0 spiro atoms. The SMILES string of the molecule is COc1ccc(COC[C@H](O)Cn2c(NCCO)nc3ccccc32)cc1. The van der Waals surface area contributed by atoms with E-state index >= 15 is 0 Å². The Balaban J connectivity index is 1.60. The van der Waals surface area contributed by atoms with Gasteiger partial charge in [0.05, 0.1) is 50.6 Å². The zero-order valence-electron chi connectivity index (χ0n) is 15.3. The topological polar surface area (TPSA) is 88.8 Å². The van der Waals surface area contributed by atoms with Crippen molar-refractivity contribution in [2.45, 2.75) is 19.3 Å². The van der Waals surface area contributed by atoms with Crippen LogP contribution in [0.3, 0.4) is 0 Å². The Morgan fingerprint density at radius 2 is 1.93 bits per heavy atom. The van der Waals surface area contributed by atoms with Crippen LogP contribution in [0, 0.1) is 0 Å². The lowest BCUT2D eigenvalue weighted by Gasteiger charge is -2.15. The van der Waals surface area contributed by atoms with E-state index in [0.29, 0.717) is 25.6 Å². The van der Waals surface area contributed by atoms with Gasteiger partial charge in [-0.05, 0) is 29.8 Å². The van der Waals surface area contributed by atoms with Crippen LogP contribution in [0.25, 0.3) is 11.0 Å². The lowest BCUT2D eigenvalue weighted by molar-refractivity contribution is 0.0211. The Bertz CT molecular complexity index is 848. The molecule has 0 unspecified atom stereocenters. The second kappa shape index (κ2) is 9.36. The van der Waals surface area contributed by atoms with Crippen LogP contribution >= 0.6 is 0 Å². The summed E-state index contributed by atoms with van der Waals surface area (Å²) in [4.78, 5) is 4.52. The number of anilines is 1. The van der Waals surface area contributed by atoms with Gasteiger partial charge < -0.3 is 29.6 Å². The molecule has 7 heteroatoms. The first kappa shape index (κ1) is 19.2. The second-order valence-electron chi connectivity index (χ2n) is 6.20. The van der Waals surface area contributed by atoms with E-state index in [-0.39, 0.29) is 13.2 Å². The fourth-order valence-electron chi connectivity index (χ4n) is 2.86. The number of aromatic nitrogens is 2. The first-order valence-corrected chi connectivity index (χ1v) is 8.90. The molecule has 2 aromatic carbocycles. The first-order chi connectivity index (χ1) is 13.2. The van der Waals surface area contributed by atoms with Crippen molar-refractivity contribution in [3.63, 3.8) is 0 Å². The van der Waals surface area contributed by atoms with Crippen LogP contribution in [-0.4, -0.2) is 52.7 Å². The fourth-order valence-corrected chi connectivity index (χ4v) is 2.86. The average Bonchev–Trinajstić information content (AvgIpc) is 3.04. The Kier molecular flexibility index (Phi) is 6.64. The lowest BCUT2D eigenvalue weighted by atomic mass is 10.2. The van der Waals surface area contributed by atoms with Crippen molar-refractivity contribution >= 4 is 17.0 Å². The molecule has 7 nitrogen and oxygen atoms in total. The maximum atomic E-state index is 10.4. The number of ether oxygens (including phenoxy) is 2. The normalized spacial score (nSPS) is 12.3. The van der Waals surface area contributed by atoms with Gasteiger partial charge in [-0.15, -0.1) is 0 Å². The summed E-state index contributed by atoms with van der Waals surface area (Å²) in [6, 6.07) is 15.4. The highest BCUT2D eigenvalue weighted by molar-refractivity contribution is 5.78. The maximum absolute atomic E-state index is 10.4. The molecule has 0 aliphatic rings. The molecule has 0 saturated heterocycles. The van der Waals surface area contributed by atoms with E-state index in [1.165, 1.54) is 0 Å². The Hall–Kier alpha value is -2.61. The Labute approximate surface area is 158 Å². The molecule has 144 valence electrons. The molecule has 3 aromatic rings. The summed E-state index contributed by atoms with van der Waals surface area (Å²) in [7, 11) is 1.63. The zero-order chi connectivity index (χ0) is 19.1. The van der Waals surface area contributed by atoms with E-state index in [1.54, 1.807) is 7.11 Å². The summed E-state index contributed by atoms with van der Waals surface area (Å²) >= 11 is 0. The molecule has 0 aliphatic heterocycles. The molecule has 0 bridgehead atoms. The molecular formula is C20H25N3O4. The highest BCUT2D eigenvalue weighted by atomic mass is 16.5. The number of methoxy groups -OCH3 is 1. The summed E-state index contributed by atoms with van der Waals surface area (Å²) in [5.74, 6) is 1.42. The van der Waals surface area contributed by atoms with Crippen molar-refractivity contribution in [1.82, 2.24) is 9.55 Å². The Morgan fingerprint density at radius 3 is 2.67 bits per heavy atom. The van der Waals surface area contributed by atoms with Crippen LogP contribution in [0.15, 0.2) is 48.5 Å². The molecule has 0 amide bonds. The van der Waals surface area contributed by atoms with Crippen LogP contribution in [0.4, 0.5) is 5.95 Å². The number of benzene rings is 2. The minimum atomic E-state index is -0.685. The van der Waals surface area contributed by atoms with E-state index in [9.17, 15) is 5.11 Å². The van der Waals surface area contributed by atoms with E-state index < -0.39 is 6.10 Å². The zero-order valence-corrected chi connectivity index (χ0v) is 15.3. The third kappa shape index (κ3) is 4.97. The summed E-state index contributed by atoms with van der Waals surface area (Å²) < 4.78 is 12.7. The van der Waals surface area contributed by atoms with Crippen LogP contribution in [0.1, 0.15) is 5.56 Å². The minimum absolute atomic E-state index is 0.0106.